The van der Waals surface area contributed by atoms with Crippen molar-refractivity contribution < 1.29 is 13.2 Å². The highest BCUT2D eigenvalue weighted by Crippen LogP contribution is 2.26. The lowest BCUT2D eigenvalue weighted by Crippen LogP contribution is -2.40. The maximum Gasteiger partial charge on any atom is 0.243 e. The van der Waals surface area contributed by atoms with Crippen molar-refractivity contribution in [3.05, 3.63) is 29.8 Å². The van der Waals surface area contributed by atoms with Gasteiger partial charge in [-0.2, -0.15) is 4.31 Å². The summed E-state index contributed by atoms with van der Waals surface area (Å²) < 4.78 is 27.0. The van der Waals surface area contributed by atoms with Gasteiger partial charge in [0, 0.05) is 26.1 Å². The third-order valence-electron chi connectivity index (χ3n) is 4.29. The normalized spacial score (nSPS) is 19.5. The molecule has 0 aliphatic carbocycles. The molecule has 1 amide bonds. The number of carbonyl (C=O) groups excluding carboxylic acids is 1. The Labute approximate surface area is 139 Å². The second-order valence-electron chi connectivity index (χ2n) is 6.18. The Morgan fingerprint density at radius 1 is 1.30 bits per heavy atom. The average molecular weight is 338 g/mol. The third-order valence-corrected chi connectivity index (χ3v) is 6.17. The van der Waals surface area contributed by atoms with E-state index in [9.17, 15) is 13.2 Å². The van der Waals surface area contributed by atoms with E-state index in [0.717, 1.165) is 24.8 Å². The molecule has 1 atom stereocenters. The summed E-state index contributed by atoms with van der Waals surface area (Å²) >= 11 is 0. The molecule has 1 aromatic rings. The quantitative estimate of drug-likeness (QED) is 0.865. The first-order valence-corrected chi connectivity index (χ1v) is 9.71. The van der Waals surface area contributed by atoms with Crippen molar-refractivity contribution in [2.24, 2.45) is 5.92 Å². The van der Waals surface area contributed by atoms with Crippen molar-refractivity contribution >= 4 is 15.9 Å². The summed E-state index contributed by atoms with van der Waals surface area (Å²) in [7, 11) is -3.43. The van der Waals surface area contributed by atoms with Gasteiger partial charge in [-0.3, -0.25) is 4.79 Å². The molecule has 1 fully saturated rings. The largest absolute Gasteiger partial charge is 0.356 e. The zero-order valence-electron chi connectivity index (χ0n) is 13.9. The molecule has 0 saturated carbocycles. The molecular weight excluding hydrogens is 312 g/mol. The summed E-state index contributed by atoms with van der Waals surface area (Å²) in [4.78, 5) is 11.9. The molecule has 1 aliphatic rings. The maximum atomic E-state index is 12.7. The summed E-state index contributed by atoms with van der Waals surface area (Å²) in [6.07, 6.45) is 3.05. The van der Waals surface area contributed by atoms with E-state index in [1.165, 1.54) is 0 Å². The molecule has 1 unspecified atom stereocenters. The molecule has 23 heavy (non-hydrogen) atoms. The van der Waals surface area contributed by atoms with Gasteiger partial charge in [-0.05, 0) is 51.2 Å². The minimum atomic E-state index is -3.43. The molecule has 6 heteroatoms. The highest BCUT2D eigenvalue weighted by atomic mass is 32.2. The predicted octanol–water partition coefficient (Wildman–Crippen LogP) is 2.31. The Balaban J connectivity index is 1.99. The van der Waals surface area contributed by atoms with Crippen molar-refractivity contribution in [2.75, 3.05) is 19.6 Å². The SMILES string of the molecule is CCNC(=O)CCC1CCCN(S(=O)(=O)c2ccc(C)cc2)C1. The van der Waals surface area contributed by atoms with E-state index in [-0.39, 0.29) is 11.8 Å². The number of rotatable bonds is 6. The molecule has 1 aliphatic heterocycles. The van der Waals surface area contributed by atoms with Gasteiger partial charge in [0.25, 0.3) is 0 Å². The molecule has 128 valence electrons. The molecular formula is C17H26N2O3S. The fourth-order valence-corrected chi connectivity index (χ4v) is 4.52. The van der Waals surface area contributed by atoms with Gasteiger partial charge in [0.2, 0.25) is 15.9 Å². The number of amides is 1. The van der Waals surface area contributed by atoms with Crippen LogP contribution in [0.15, 0.2) is 29.2 Å². The Bertz CT molecular complexity index is 626. The zero-order valence-corrected chi connectivity index (χ0v) is 14.7. The van der Waals surface area contributed by atoms with Crippen LogP contribution in [0.5, 0.6) is 0 Å². The van der Waals surface area contributed by atoms with E-state index < -0.39 is 10.0 Å². The molecule has 1 heterocycles. The van der Waals surface area contributed by atoms with Gasteiger partial charge in [-0.1, -0.05) is 17.7 Å². The summed E-state index contributed by atoms with van der Waals surface area (Å²) in [5.41, 5.74) is 1.04. The number of benzene rings is 1. The first-order valence-electron chi connectivity index (χ1n) is 8.27. The van der Waals surface area contributed by atoms with Crippen LogP contribution in [0.2, 0.25) is 0 Å². The first-order chi connectivity index (χ1) is 10.9. The van der Waals surface area contributed by atoms with Crippen LogP contribution in [0.3, 0.4) is 0 Å². The van der Waals surface area contributed by atoms with E-state index in [2.05, 4.69) is 5.32 Å². The standard InChI is InChI=1S/C17H26N2O3S/c1-3-18-17(20)11-8-15-5-4-12-19(13-15)23(21,22)16-9-6-14(2)7-10-16/h6-7,9-10,15H,3-5,8,11-13H2,1-2H3,(H,18,20). The number of piperidine rings is 1. The molecule has 1 aromatic carbocycles. The second kappa shape index (κ2) is 7.93. The minimum absolute atomic E-state index is 0.0472. The van der Waals surface area contributed by atoms with E-state index >= 15 is 0 Å². The zero-order chi connectivity index (χ0) is 16.9. The van der Waals surface area contributed by atoms with Crippen LogP contribution >= 0.6 is 0 Å². The van der Waals surface area contributed by atoms with Gasteiger partial charge in [0.1, 0.15) is 0 Å². The topological polar surface area (TPSA) is 66.5 Å². The van der Waals surface area contributed by atoms with Crippen LogP contribution in [-0.2, 0) is 14.8 Å². The van der Waals surface area contributed by atoms with Crippen molar-refractivity contribution in [3.63, 3.8) is 0 Å². The van der Waals surface area contributed by atoms with Crippen LogP contribution in [0.25, 0.3) is 0 Å². The summed E-state index contributed by atoms with van der Waals surface area (Å²) in [6.45, 7) is 5.55. The van der Waals surface area contributed by atoms with Gasteiger partial charge in [0.15, 0.2) is 0 Å². The molecule has 1 saturated heterocycles. The van der Waals surface area contributed by atoms with E-state index in [0.29, 0.717) is 31.0 Å². The lowest BCUT2D eigenvalue weighted by molar-refractivity contribution is -0.121. The van der Waals surface area contributed by atoms with Crippen LogP contribution < -0.4 is 5.32 Å². The Morgan fingerprint density at radius 2 is 2.00 bits per heavy atom. The highest BCUT2D eigenvalue weighted by molar-refractivity contribution is 7.89. The number of aryl methyl sites for hydroxylation is 1. The van der Waals surface area contributed by atoms with Crippen LogP contribution in [-0.4, -0.2) is 38.3 Å². The smallest absolute Gasteiger partial charge is 0.243 e. The Morgan fingerprint density at radius 3 is 2.65 bits per heavy atom. The number of hydrogen-bond donors (Lipinski definition) is 1. The summed E-state index contributed by atoms with van der Waals surface area (Å²) in [5.74, 6) is 0.303. The molecule has 5 nitrogen and oxygen atoms in total. The average Bonchev–Trinajstić information content (AvgIpc) is 2.54. The molecule has 0 radical (unpaired) electrons. The van der Waals surface area contributed by atoms with Gasteiger partial charge >= 0.3 is 0 Å². The van der Waals surface area contributed by atoms with Crippen molar-refractivity contribution in [2.45, 2.75) is 44.4 Å². The van der Waals surface area contributed by atoms with Crippen LogP contribution in [0, 0.1) is 12.8 Å². The Hall–Kier alpha value is -1.40. The fraction of sp³-hybridized carbons (Fsp3) is 0.588. The predicted molar refractivity (Wildman–Crippen MR) is 90.6 cm³/mol. The molecule has 1 N–H and O–H groups in total. The molecule has 0 spiro atoms. The van der Waals surface area contributed by atoms with Crippen molar-refractivity contribution in [1.82, 2.24) is 9.62 Å². The van der Waals surface area contributed by atoms with Crippen LogP contribution in [0.4, 0.5) is 0 Å². The molecule has 0 aromatic heterocycles. The summed E-state index contributed by atoms with van der Waals surface area (Å²) in [6, 6.07) is 6.98. The van der Waals surface area contributed by atoms with E-state index in [4.69, 9.17) is 0 Å². The molecule has 0 bridgehead atoms. The minimum Gasteiger partial charge on any atom is -0.356 e. The first kappa shape index (κ1) is 17.9. The summed E-state index contributed by atoms with van der Waals surface area (Å²) in [5, 5.41) is 2.79. The monoisotopic (exact) mass is 338 g/mol. The number of hydrogen-bond acceptors (Lipinski definition) is 3. The second-order valence-corrected chi connectivity index (χ2v) is 8.11. The number of nitrogens with zero attached hydrogens (tertiary/aromatic N) is 1. The number of carbonyl (C=O) groups is 1. The molecule has 2 rings (SSSR count). The Kier molecular flexibility index (Phi) is 6.18. The van der Waals surface area contributed by atoms with Gasteiger partial charge in [-0.25, -0.2) is 8.42 Å². The van der Waals surface area contributed by atoms with Gasteiger partial charge in [-0.15, -0.1) is 0 Å². The lowest BCUT2D eigenvalue weighted by atomic mass is 9.94. The number of sulfonamides is 1. The lowest BCUT2D eigenvalue weighted by Gasteiger charge is -2.32. The number of nitrogens with one attached hydrogen (secondary N) is 1. The van der Waals surface area contributed by atoms with Crippen molar-refractivity contribution in [3.8, 4) is 0 Å². The van der Waals surface area contributed by atoms with Gasteiger partial charge in [0.05, 0.1) is 4.90 Å². The van der Waals surface area contributed by atoms with Crippen LogP contribution in [0.1, 0.15) is 38.2 Å². The van der Waals surface area contributed by atoms with E-state index in [1.807, 2.05) is 26.0 Å². The third kappa shape index (κ3) is 4.78. The van der Waals surface area contributed by atoms with Crippen molar-refractivity contribution in [1.29, 1.82) is 0 Å². The fourth-order valence-electron chi connectivity index (χ4n) is 2.96. The highest BCUT2D eigenvalue weighted by Gasteiger charge is 2.30. The maximum absolute atomic E-state index is 12.7. The van der Waals surface area contributed by atoms with Gasteiger partial charge < -0.3 is 5.32 Å². The van der Waals surface area contributed by atoms with E-state index in [1.54, 1.807) is 16.4 Å².